The van der Waals surface area contributed by atoms with E-state index in [0.717, 1.165) is 19.4 Å². The van der Waals surface area contributed by atoms with Gasteiger partial charge in [0.25, 0.3) is 0 Å². The second-order valence-electron chi connectivity index (χ2n) is 3.66. The predicted octanol–water partition coefficient (Wildman–Crippen LogP) is 2.78. The number of hydrogen-bond acceptors (Lipinski definition) is 1. The van der Waals surface area contributed by atoms with E-state index >= 15 is 0 Å². The van der Waals surface area contributed by atoms with E-state index in [1.807, 2.05) is 0 Å². The van der Waals surface area contributed by atoms with Crippen molar-refractivity contribution in [1.82, 2.24) is 0 Å². The smallest absolute Gasteiger partial charge is 0.0379 e. The van der Waals surface area contributed by atoms with E-state index < -0.39 is 0 Å². The molecule has 0 spiro atoms. The monoisotopic (exact) mass is 175 g/mol. The first-order chi connectivity index (χ1) is 6.35. The zero-order chi connectivity index (χ0) is 9.26. The minimum Gasteiger partial charge on any atom is -0.384 e. The number of hydrogen-bond donors (Lipinski definition) is 1. The Kier molecular flexibility index (Phi) is 2.26. The topological polar surface area (TPSA) is 12.0 Å². The highest BCUT2D eigenvalue weighted by Crippen LogP contribution is 2.28. The lowest BCUT2D eigenvalue weighted by molar-refractivity contribution is 1.03. The van der Waals surface area contributed by atoms with Gasteiger partial charge in [-0.15, -0.1) is 0 Å². The molecule has 0 aliphatic carbocycles. The molecule has 0 fully saturated rings. The lowest BCUT2D eigenvalue weighted by atomic mass is 9.98. The first-order valence-electron chi connectivity index (χ1n) is 5.23. The van der Waals surface area contributed by atoms with Crippen LogP contribution in [0.1, 0.15) is 30.5 Å². The van der Waals surface area contributed by atoms with Gasteiger partial charge in [-0.25, -0.2) is 0 Å². The molecule has 0 aromatic heterocycles. The van der Waals surface area contributed by atoms with Crippen molar-refractivity contribution < 1.29 is 0 Å². The summed E-state index contributed by atoms with van der Waals surface area (Å²) in [5, 5.41) is 3.45. The lowest BCUT2D eigenvalue weighted by Crippen LogP contribution is -1.93. The van der Waals surface area contributed by atoms with Crippen LogP contribution in [0.5, 0.6) is 0 Å². The Morgan fingerprint density at radius 1 is 1.23 bits per heavy atom. The molecular formula is C12H17N. The number of aryl methyl sites for hydroxylation is 2. The summed E-state index contributed by atoms with van der Waals surface area (Å²) in [5.41, 5.74) is 5.94. The van der Waals surface area contributed by atoms with Gasteiger partial charge >= 0.3 is 0 Å². The van der Waals surface area contributed by atoms with Crippen molar-refractivity contribution in [3.05, 3.63) is 28.8 Å². The largest absolute Gasteiger partial charge is 0.384 e. The Morgan fingerprint density at radius 3 is 2.77 bits per heavy atom. The molecule has 13 heavy (non-hydrogen) atoms. The van der Waals surface area contributed by atoms with E-state index in [1.165, 1.54) is 17.7 Å². The van der Waals surface area contributed by atoms with E-state index in [1.54, 1.807) is 11.1 Å². The first-order valence-corrected chi connectivity index (χ1v) is 5.23. The molecular weight excluding hydrogens is 158 g/mol. The van der Waals surface area contributed by atoms with Crippen molar-refractivity contribution in [2.24, 2.45) is 0 Å². The van der Waals surface area contributed by atoms with Crippen LogP contribution in [0.3, 0.4) is 0 Å². The third-order valence-corrected chi connectivity index (χ3v) is 2.88. The number of anilines is 1. The summed E-state index contributed by atoms with van der Waals surface area (Å²) in [6.45, 7) is 5.58. The summed E-state index contributed by atoms with van der Waals surface area (Å²) in [4.78, 5) is 0. The molecule has 0 radical (unpaired) electrons. The van der Waals surface area contributed by atoms with Crippen LogP contribution in [0.2, 0.25) is 0 Å². The van der Waals surface area contributed by atoms with Crippen LogP contribution in [0.15, 0.2) is 12.1 Å². The van der Waals surface area contributed by atoms with Gasteiger partial charge in [0.15, 0.2) is 0 Å². The quantitative estimate of drug-likeness (QED) is 0.728. The van der Waals surface area contributed by atoms with Gasteiger partial charge < -0.3 is 5.32 Å². The fraction of sp³-hybridized carbons (Fsp3) is 0.500. The van der Waals surface area contributed by atoms with Crippen molar-refractivity contribution in [3.8, 4) is 0 Å². The maximum atomic E-state index is 3.45. The van der Waals surface area contributed by atoms with Gasteiger partial charge in [0, 0.05) is 12.2 Å². The van der Waals surface area contributed by atoms with Crippen LogP contribution < -0.4 is 5.32 Å². The van der Waals surface area contributed by atoms with Crippen LogP contribution in [-0.2, 0) is 19.3 Å². The average molecular weight is 175 g/mol. The highest BCUT2D eigenvalue weighted by molar-refractivity contribution is 5.60. The van der Waals surface area contributed by atoms with Gasteiger partial charge in [0.2, 0.25) is 0 Å². The molecule has 0 atom stereocenters. The van der Waals surface area contributed by atoms with E-state index in [-0.39, 0.29) is 0 Å². The Morgan fingerprint density at radius 2 is 2.08 bits per heavy atom. The van der Waals surface area contributed by atoms with E-state index in [9.17, 15) is 0 Å². The van der Waals surface area contributed by atoms with Crippen molar-refractivity contribution in [1.29, 1.82) is 0 Å². The van der Waals surface area contributed by atoms with Crippen LogP contribution >= 0.6 is 0 Å². The third kappa shape index (κ3) is 1.43. The summed E-state index contributed by atoms with van der Waals surface area (Å²) in [6, 6.07) is 4.67. The molecule has 0 saturated carbocycles. The normalized spacial score (nSPS) is 14.0. The number of rotatable bonds is 2. The van der Waals surface area contributed by atoms with Crippen molar-refractivity contribution >= 4 is 5.69 Å². The third-order valence-electron chi connectivity index (χ3n) is 2.88. The predicted molar refractivity (Wildman–Crippen MR) is 57.4 cm³/mol. The van der Waals surface area contributed by atoms with Crippen molar-refractivity contribution in [2.45, 2.75) is 33.1 Å². The molecule has 1 aromatic carbocycles. The minimum atomic E-state index is 1.12. The van der Waals surface area contributed by atoms with Gasteiger partial charge in [-0.2, -0.15) is 0 Å². The molecule has 0 bridgehead atoms. The van der Waals surface area contributed by atoms with Gasteiger partial charge in [0.05, 0.1) is 0 Å². The summed E-state index contributed by atoms with van der Waals surface area (Å²) >= 11 is 0. The first kappa shape index (κ1) is 8.61. The minimum absolute atomic E-state index is 1.12. The molecule has 1 aromatic rings. The summed E-state index contributed by atoms with van der Waals surface area (Å²) < 4.78 is 0. The van der Waals surface area contributed by atoms with Crippen LogP contribution in [0.25, 0.3) is 0 Å². The molecule has 1 heteroatoms. The molecule has 1 aliphatic heterocycles. The molecule has 1 aliphatic rings. The molecule has 70 valence electrons. The maximum Gasteiger partial charge on any atom is 0.0379 e. The molecule has 0 unspecified atom stereocenters. The highest BCUT2D eigenvalue weighted by atomic mass is 14.9. The number of fused-ring (bicyclic) bond motifs is 1. The van der Waals surface area contributed by atoms with Crippen LogP contribution in [0, 0.1) is 0 Å². The van der Waals surface area contributed by atoms with Gasteiger partial charge in [-0.05, 0) is 42.0 Å². The Hall–Kier alpha value is -0.980. The summed E-state index contributed by atoms with van der Waals surface area (Å²) in [5.74, 6) is 0. The SMILES string of the molecule is CCc1cc(CC)c2c(c1)NCC2. The van der Waals surface area contributed by atoms with E-state index in [0.29, 0.717) is 0 Å². The molecule has 2 rings (SSSR count). The second-order valence-corrected chi connectivity index (χ2v) is 3.66. The lowest BCUT2D eigenvalue weighted by Gasteiger charge is -2.08. The van der Waals surface area contributed by atoms with Gasteiger partial charge in [-0.3, -0.25) is 0 Å². The van der Waals surface area contributed by atoms with Crippen molar-refractivity contribution in [2.75, 3.05) is 11.9 Å². The summed E-state index contributed by atoms with van der Waals surface area (Å²) in [7, 11) is 0. The molecule has 0 saturated heterocycles. The average Bonchev–Trinajstić information content (AvgIpc) is 2.63. The standard InChI is InChI=1S/C12H17N/c1-3-9-7-10(4-2)11-5-6-13-12(11)8-9/h7-8,13H,3-6H2,1-2H3. The zero-order valence-electron chi connectivity index (χ0n) is 8.48. The van der Waals surface area contributed by atoms with Crippen LogP contribution in [-0.4, -0.2) is 6.54 Å². The fourth-order valence-electron chi connectivity index (χ4n) is 2.09. The zero-order valence-corrected chi connectivity index (χ0v) is 8.48. The molecule has 1 N–H and O–H groups in total. The number of benzene rings is 1. The molecule has 1 nitrogen and oxygen atoms in total. The Labute approximate surface area is 80.2 Å². The van der Waals surface area contributed by atoms with E-state index in [2.05, 4.69) is 31.3 Å². The van der Waals surface area contributed by atoms with Crippen LogP contribution in [0.4, 0.5) is 5.69 Å². The highest BCUT2D eigenvalue weighted by Gasteiger charge is 2.13. The Balaban J connectivity index is 2.49. The van der Waals surface area contributed by atoms with Crippen molar-refractivity contribution in [3.63, 3.8) is 0 Å². The Bertz CT molecular complexity index is 315. The number of nitrogens with one attached hydrogen (secondary N) is 1. The van der Waals surface area contributed by atoms with Gasteiger partial charge in [-0.1, -0.05) is 19.9 Å². The van der Waals surface area contributed by atoms with E-state index in [4.69, 9.17) is 0 Å². The van der Waals surface area contributed by atoms with Gasteiger partial charge in [0.1, 0.15) is 0 Å². The molecule has 0 amide bonds. The summed E-state index contributed by atoms with van der Waals surface area (Å²) in [6.07, 6.45) is 3.52. The maximum absolute atomic E-state index is 3.45. The second kappa shape index (κ2) is 3.41. The molecule has 1 heterocycles. The fourth-order valence-corrected chi connectivity index (χ4v) is 2.09.